The number of nitrogens with two attached hydrogens (primary N) is 1. The first-order valence-corrected chi connectivity index (χ1v) is 5.31. The molecule has 3 nitrogen and oxygen atoms in total. The highest BCUT2D eigenvalue weighted by Crippen LogP contribution is 2.47. The van der Waals surface area contributed by atoms with Gasteiger partial charge in [-0.25, -0.2) is 4.98 Å². The summed E-state index contributed by atoms with van der Waals surface area (Å²) in [5.41, 5.74) is 9.15. The fraction of sp³-hybridized carbons (Fsp3) is 0.417. The van der Waals surface area contributed by atoms with Gasteiger partial charge in [0, 0.05) is 18.9 Å². The van der Waals surface area contributed by atoms with Crippen molar-refractivity contribution in [3.63, 3.8) is 0 Å². The fourth-order valence-electron chi connectivity index (χ4n) is 2.13. The summed E-state index contributed by atoms with van der Waals surface area (Å²) in [6.45, 7) is 2.60. The first-order valence-electron chi connectivity index (χ1n) is 5.31. The Kier molecular flexibility index (Phi) is 1.68. The van der Waals surface area contributed by atoms with E-state index in [4.69, 9.17) is 10.2 Å². The van der Waals surface area contributed by atoms with Crippen molar-refractivity contribution < 1.29 is 4.42 Å². The number of aromatic nitrogens is 1. The maximum absolute atomic E-state index is 5.80. The normalized spacial score (nSPS) is 18.3. The van der Waals surface area contributed by atoms with Gasteiger partial charge in [0.25, 0.3) is 0 Å². The van der Waals surface area contributed by atoms with Crippen LogP contribution in [0.15, 0.2) is 22.6 Å². The average molecular weight is 202 g/mol. The zero-order valence-electron chi connectivity index (χ0n) is 8.79. The van der Waals surface area contributed by atoms with Crippen molar-refractivity contribution in [2.75, 3.05) is 6.54 Å². The maximum atomic E-state index is 5.80. The van der Waals surface area contributed by atoms with Crippen LogP contribution in [-0.4, -0.2) is 11.5 Å². The summed E-state index contributed by atoms with van der Waals surface area (Å²) in [5, 5.41) is 0. The van der Waals surface area contributed by atoms with Gasteiger partial charge in [-0.1, -0.05) is 6.07 Å². The molecule has 0 radical (unpaired) electrons. The van der Waals surface area contributed by atoms with Gasteiger partial charge < -0.3 is 10.2 Å². The molecule has 1 aliphatic rings. The van der Waals surface area contributed by atoms with Crippen LogP contribution in [0.4, 0.5) is 0 Å². The third kappa shape index (κ3) is 1.27. The number of hydrogen-bond acceptors (Lipinski definition) is 3. The van der Waals surface area contributed by atoms with Gasteiger partial charge in [-0.2, -0.15) is 0 Å². The molecule has 3 rings (SSSR count). The predicted molar refractivity (Wildman–Crippen MR) is 58.7 cm³/mol. The molecule has 0 aliphatic heterocycles. The molecule has 1 aliphatic carbocycles. The lowest BCUT2D eigenvalue weighted by Gasteiger charge is -2.11. The summed E-state index contributed by atoms with van der Waals surface area (Å²) < 4.78 is 5.52. The second kappa shape index (κ2) is 2.83. The highest BCUT2D eigenvalue weighted by molar-refractivity contribution is 5.74. The summed E-state index contributed by atoms with van der Waals surface area (Å²) in [6, 6.07) is 6.25. The number of oxazole rings is 1. The second-order valence-corrected chi connectivity index (χ2v) is 4.40. The van der Waals surface area contributed by atoms with E-state index in [1.54, 1.807) is 0 Å². The van der Waals surface area contributed by atoms with Gasteiger partial charge in [0.2, 0.25) is 0 Å². The Morgan fingerprint density at radius 2 is 2.27 bits per heavy atom. The first kappa shape index (κ1) is 8.92. The van der Waals surface area contributed by atoms with Crippen molar-refractivity contribution in [3.8, 4) is 0 Å². The predicted octanol–water partition coefficient (Wildman–Crippen LogP) is 2.13. The Hall–Kier alpha value is -1.35. The average Bonchev–Trinajstić information content (AvgIpc) is 2.94. The molecule has 0 bridgehead atoms. The summed E-state index contributed by atoms with van der Waals surface area (Å²) in [6.07, 6.45) is 2.39. The van der Waals surface area contributed by atoms with Crippen LogP contribution in [0.5, 0.6) is 0 Å². The highest BCUT2D eigenvalue weighted by atomic mass is 16.3. The SMILES string of the molecule is Cc1nc2ccc(C3(CN)CC3)cc2o1. The lowest BCUT2D eigenvalue weighted by Crippen LogP contribution is -2.19. The molecule has 2 aromatic rings. The molecule has 1 heterocycles. The van der Waals surface area contributed by atoms with E-state index in [2.05, 4.69) is 17.1 Å². The van der Waals surface area contributed by atoms with E-state index in [-0.39, 0.29) is 5.41 Å². The van der Waals surface area contributed by atoms with Gasteiger partial charge in [0.1, 0.15) is 5.52 Å². The van der Waals surface area contributed by atoms with Crippen LogP contribution in [0.25, 0.3) is 11.1 Å². The molecule has 0 unspecified atom stereocenters. The van der Waals surface area contributed by atoms with Gasteiger partial charge in [0.05, 0.1) is 0 Å². The summed E-state index contributed by atoms with van der Waals surface area (Å²) in [7, 11) is 0. The molecule has 3 heteroatoms. The first-order chi connectivity index (χ1) is 7.23. The molecule has 15 heavy (non-hydrogen) atoms. The molecule has 0 saturated heterocycles. The maximum Gasteiger partial charge on any atom is 0.192 e. The summed E-state index contributed by atoms with van der Waals surface area (Å²) >= 11 is 0. The van der Waals surface area contributed by atoms with Crippen LogP contribution >= 0.6 is 0 Å². The number of benzene rings is 1. The van der Waals surface area contributed by atoms with Crippen molar-refractivity contribution >= 4 is 11.1 Å². The van der Waals surface area contributed by atoms with Crippen LogP contribution < -0.4 is 5.73 Å². The van der Waals surface area contributed by atoms with Crippen molar-refractivity contribution in [2.45, 2.75) is 25.2 Å². The Morgan fingerprint density at radius 1 is 1.47 bits per heavy atom. The van der Waals surface area contributed by atoms with Gasteiger partial charge in [-0.05, 0) is 30.5 Å². The third-order valence-corrected chi connectivity index (χ3v) is 3.35. The van der Waals surface area contributed by atoms with Crippen LogP contribution in [0.3, 0.4) is 0 Å². The van der Waals surface area contributed by atoms with E-state index in [0.29, 0.717) is 0 Å². The lowest BCUT2D eigenvalue weighted by atomic mass is 9.96. The molecule has 1 aromatic carbocycles. The highest BCUT2D eigenvalue weighted by Gasteiger charge is 2.42. The minimum Gasteiger partial charge on any atom is -0.441 e. The molecule has 1 saturated carbocycles. The molecule has 2 N–H and O–H groups in total. The molecule has 1 fully saturated rings. The molecular formula is C12H14N2O. The molecule has 0 amide bonds. The second-order valence-electron chi connectivity index (χ2n) is 4.40. The van der Waals surface area contributed by atoms with E-state index in [1.165, 1.54) is 18.4 Å². The Balaban J connectivity index is 2.13. The van der Waals surface area contributed by atoms with E-state index in [0.717, 1.165) is 23.5 Å². The Labute approximate surface area is 88.3 Å². The summed E-state index contributed by atoms with van der Waals surface area (Å²) in [5.74, 6) is 0.722. The fourth-order valence-corrected chi connectivity index (χ4v) is 2.13. The largest absolute Gasteiger partial charge is 0.441 e. The number of rotatable bonds is 2. The van der Waals surface area contributed by atoms with Crippen molar-refractivity contribution in [1.82, 2.24) is 4.98 Å². The van der Waals surface area contributed by atoms with Gasteiger partial charge in [-0.3, -0.25) is 0 Å². The van der Waals surface area contributed by atoms with E-state index >= 15 is 0 Å². The van der Waals surface area contributed by atoms with Gasteiger partial charge in [0.15, 0.2) is 11.5 Å². The number of fused-ring (bicyclic) bond motifs is 1. The Morgan fingerprint density at radius 3 is 2.93 bits per heavy atom. The quantitative estimate of drug-likeness (QED) is 0.811. The zero-order chi connectivity index (χ0) is 10.5. The van der Waals surface area contributed by atoms with E-state index < -0.39 is 0 Å². The van der Waals surface area contributed by atoms with Gasteiger partial charge in [-0.15, -0.1) is 0 Å². The van der Waals surface area contributed by atoms with Crippen LogP contribution in [0.2, 0.25) is 0 Å². The monoisotopic (exact) mass is 202 g/mol. The van der Waals surface area contributed by atoms with Crippen LogP contribution in [0, 0.1) is 6.92 Å². The molecular weight excluding hydrogens is 188 g/mol. The minimum atomic E-state index is 0.231. The smallest absolute Gasteiger partial charge is 0.192 e. The molecule has 78 valence electrons. The van der Waals surface area contributed by atoms with Gasteiger partial charge >= 0.3 is 0 Å². The topological polar surface area (TPSA) is 52.0 Å². The number of aryl methyl sites for hydroxylation is 1. The molecule has 1 aromatic heterocycles. The Bertz CT molecular complexity index is 511. The standard InChI is InChI=1S/C12H14N2O/c1-8-14-10-3-2-9(6-11(10)15-8)12(7-13)4-5-12/h2-3,6H,4-5,7,13H2,1H3. The lowest BCUT2D eigenvalue weighted by molar-refractivity contribution is 0.560. The van der Waals surface area contributed by atoms with Crippen LogP contribution in [-0.2, 0) is 5.41 Å². The van der Waals surface area contributed by atoms with Crippen molar-refractivity contribution in [2.24, 2.45) is 5.73 Å². The van der Waals surface area contributed by atoms with Crippen LogP contribution in [0.1, 0.15) is 24.3 Å². The molecule has 0 spiro atoms. The van der Waals surface area contributed by atoms with Crippen molar-refractivity contribution in [3.05, 3.63) is 29.7 Å². The van der Waals surface area contributed by atoms with E-state index in [1.807, 2.05) is 13.0 Å². The summed E-state index contributed by atoms with van der Waals surface area (Å²) in [4.78, 5) is 4.28. The third-order valence-electron chi connectivity index (χ3n) is 3.35. The zero-order valence-corrected chi connectivity index (χ0v) is 8.79. The van der Waals surface area contributed by atoms with E-state index in [9.17, 15) is 0 Å². The number of hydrogen-bond donors (Lipinski definition) is 1. The van der Waals surface area contributed by atoms with Crippen molar-refractivity contribution in [1.29, 1.82) is 0 Å². The number of nitrogens with zero attached hydrogens (tertiary/aromatic N) is 1. The molecule has 0 atom stereocenters. The minimum absolute atomic E-state index is 0.231.